The third-order valence-corrected chi connectivity index (χ3v) is 5.84. The van der Waals surface area contributed by atoms with Gasteiger partial charge in [-0.1, -0.05) is 0 Å². The Labute approximate surface area is 149 Å². The summed E-state index contributed by atoms with van der Waals surface area (Å²) in [7, 11) is 1.50. The maximum absolute atomic E-state index is 11.2. The summed E-state index contributed by atoms with van der Waals surface area (Å²) in [6.07, 6.45) is 2.32. The third kappa shape index (κ3) is 2.26. The number of aliphatic hydroxyl groups is 3. The third-order valence-electron chi connectivity index (χ3n) is 5.84. The molecule has 0 bridgehead atoms. The number of methoxy groups -OCH3 is 1. The zero-order valence-corrected chi connectivity index (χ0v) is 14.4. The molecule has 4 rings (SSSR count). The number of aromatic nitrogens is 4. The summed E-state index contributed by atoms with van der Waals surface area (Å²) in [5.74, 6) is -0.206. The Hall–Kier alpha value is -1.85. The Morgan fingerprint density at radius 2 is 2.08 bits per heavy atom. The molecule has 1 spiro atoms. The number of nitrogens with two attached hydrogens (primary N) is 1. The van der Waals surface area contributed by atoms with Crippen LogP contribution in [-0.2, 0) is 4.74 Å². The van der Waals surface area contributed by atoms with Crippen LogP contribution in [0.5, 0.6) is 5.88 Å². The number of aliphatic hydroxyl groups excluding tert-OH is 3. The number of imidazole rings is 1. The highest BCUT2D eigenvalue weighted by Crippen LogP contribution is 2.50. The average molecular weight is 365 g/mol. The Morgan fingerprint density at radius 1 is 1.31 bits per heavy atom. The molecular formula is C16H23N5O5. The van der Waals surface area contributed by atoms with Crippen molar-refractivity contribution in [2.24, 2.45) is 17.6 Å². The Balaban J connectivity index is 1.77. The number of fused-ring (bicyclic) bond motifs is 1. The van der Waals surface area contributed by atoms with E-state index in [1.807, 2.05) is 0 Å². The van der Waals surface area contributed by atoms with Crippen molar-refractivity contribution in [2.45, 2.75) is 30.2 Å². The maximum atomic E-state index is 11.2. The first-order valence-electron chi connectivity index (χ1n) is 8.58. The van der Waals surface area contributed by atoms with Gasteiger partial charge in [-0.15, -0.1) is 0 Å². The number of nitrogens with zero attached hydrogens (tertiary/aromatic N) is 4. The van der Waals surface area contributed by atoms with Gasteiger partial charge in [-0.25, -0.2) is 9.97 Å². The van der Waals surface area contributed by atoms with Crippen LogP contribution >= 0.6 is 0 Å². The first kappa shape index (κ1) is 17.6. The molecule has 2 aliphatic rings. The molecule has 0 amide bonds. The van der Waals surface area contributed by atoms with Crippen molar-refractivity contribution in [3.8, 4) is 5.88 Å². The fourth-order valence-corrected chi connectivity index (χ4v) is 4.45. The first-order chi connectivity index (χ1) is 12.6. The lowest BCUT2D eigenvalue weighted by Gasteiger charge is -2.33. The second-order valence-corrected chi connectivity index (χ2v) is 7.02. The van der Waals surface area contributed by atoms with Crippen LogP contribution in [0.3, 0.4) is 0 Å². The Morgan fingerprint density at radius 3 is 2.73 bits per heavy atom. The quantitative estimate of drug-likeness (QED) is 0.505. The van der Waals surface area contributed by atoms with Crippen LogP contribution in [0.15, 0.2) is 12.7 Å². The van der Waals surface area contributed by atoms with Crippen LogP contribution in [0.4, 0.5) is 0 Å². The molecule has 2 aromatic rings. The van der Waals surface area contributed by atoms with E-state index in [-0.39, 0.29) is 31.7 Å². The standard InChI is InChI=1S/C16H23N5O5/c1-25-15-10-14(18-6-19-15)21(7-20-10)11-8(3-22)2-16(13(11)24)12(17)9(4-23)5-26-16/h6-9,11-13,22-24H,2-5,17H2,1H3/t8-,9+,11+,12+,13-,16+/m1/s1. The average Bonchev–Trinajstić information content (AvgIpc) is 3.31. The molecule has 1 aliphatic carbocycles. The number of ether oxygens (including phenoxy) is 2. The van der Waals surface area contributed by atoms with E-state index in [2.05, 4.69) is 15.0 Å². The largest absolute Gasteiger partial charge is 0.479 e. The summed E-state index contributed by atoms with van der Waals surface area (Å²) in [5.41, 5.74) is 6.28. The van der Waals surface area contributed by atoms with Crippen LogP contribution in [0.25, 0.3) is 11.2 Å². The molecule has 26 heavy (non-hydrogen) atoms. The minimum atomic E-state index is -1.01. The van der Waals surface area contributed by atoms with E-state index in [0.717, 1.165) is 0 Å². The molecule has 10 nitrogen and oxygen atoms in total. The summed E-state index contributed by atoms with van der Waals surface area (Å²) >= 11 is 0. The van der Waals surface area contributed by atoms with Gasteiger partial charge >= 0.3 is 0 Å². The van der Waals surface area contributed by atoms with Crippen molar-refractivity contribution in [3.05, 3.63) is 12.7 Å². The molecule has 2 aromatic heterocycles. The minimum Gasteiger partial charge on any atom is -0.479 e. The van der Waals surface area contributed by atoms with Crippen LogP contribution in [0.1, 0.15) is 12.5 Å². The fourth-order valence-electron chi connectivity index (χ4n) is 4.45. The van der Waals surface area contributed by atoms with Gasteiger partial charge in [-0.3, -0.25) is 0 Å². The van der Waals surface area contributed by atoms with Crippen LogP contribution < -0.4 is 10.5 Å². The lowest BCUT2D eigenvalue weighted by molar-refractivity contribution is -0.0868. The zero-order valence-electron chi connectivity index (χ0n) is 14.4. The van der Waals surface area contributed by atoms with Gasteiger partial charge in [0.15, 0.2) is 11.2 Å². The lowest BCUT2D eigenvalue weighted by atomic mass is 9.85. The van der Waals surface area contributed by atoms with E-state index < -0.39 is 23.8 Å². The van der Waals surface area contributed by atoms with Gasteiger partial charge in [-0.2, -0.15) is 4.98 Å². The Kier molecular flexibility index (Phi) is 4.32. The second kappa shape index (κ2) is 6.39. The van der Waals surface area contributed by atoms with E-state index >= 15 is 0 Å². The van der Waals surface area contributed by atoms with Crippen LogP contribution in [0.2, 0.25) is 0 Å². The number of rotatable bonds is 4. The predicted octanol–water partition coefficient (Wildman–Crippen LogP) is -1.55. The molecule has 0 unspecified atom stereocenters. The van der Waals surface area contributed by atoms with Crippen molar-refractivity contribution < 1.29 is 24.8 Å². The number of hydrogen-bond donors (Lipinski definition) is 4. The van der Waals surface area contributed by atoms with Crippen molar-refractivity contribution in [2.75, 3.05) is 26.9 Å². The zero-order chi connectivity index (χ0) is 18.5. The van der Waals surface area contributed by atoms with Gasteiger partial charge in [0.25, 0.3) is 0 Å². The highest BCUT2D eigenvalue weighted by Gasteiger charge is 2.62. The molecular weight excluding hydrogens is 342 g/mol. The van der Waals surface area contributed by atoms with Crippen molar-refractivity contribution in [3.63, 3.8) is 0 Å². The Bertz CT molecular complexity index is 800. The van der Waals surface area contributed by atoms with Gasteiger partial charge in [0, 0.05) is 31.1 Å². The van der Waals surface area contributed by atoms with Gasteiger partial charge in [0.1, 0.15) is 18.0 Å². The SMILES string of the molecule is COc1ncnc2c1ncn2[C@H]1[C@@H](CO)C[C@@]2(OC[C@H](CO)[C@@H]2N)[C@@H]1O. The molecule has 142 valence electrons. The van der Waals surface area contributed by atoms with Crippen molar-refractivity contribution in [1.29, 1.82) is 0 Å². The summed E-state index contributed by atoms with van der Waals surface area (Å²) < 4.78 is 12.8. The summed E-state index contributed by atoms with van der Waals surface area (Å²) in [6, 6.07) is -1.05. The molecule has 6 atom stereocenters. The van der Waals surface area contributed by atoms with Gasteiger partial charge in [-0.05, 0) is 6.42 Å². The minimum absolute atomic E-state index is 0.109. The van der Waals surface area contributed by atoms with Crippen molar-refractivity contribution in [1.82, 2.24) is 19.5 Å². The molecule has 10 heteroatoms. The molecule has 1 aliphatic heterocycles. The highest BCUT2D eigenvalue weighted by molar-refractivity contribution is 5.76. The molecule has 3 heterocycles. The van der Waals surface area contributed by atoms with Gasteiger partial charge in [0.05, 0.1) is 26.1 Å². The first-order valence-corrected chi connectivity index (χ1v) is 8.58. The van der Waals surface area contributed by atoms with E-state index in [0.29, 0.717) is 23.5 Å². The topological polar surface area (TPSA) is 149 Å². The van der Waals surface area contributed by atoms with Crippen LogP contribution in [0, 0.1) is 11.8 Å². The molecule has 0 radical (unpaired) electrons. The van der Waals surface area contributed by atoms with Gasteiger partial charge in [0.2, 0.25) is 5.88 Å². The van der Waals surface area contributed by atoms with E-state index in [4.69, 9.17) is 15.2 Å². The summed E-state index contributed by atoms with van der Waals surface area (Å²) in [4.78, 5) is 12.6. The van der Waals surface area contributed by atoms with E-state index in [9.17, 15) is 15.3 Å². The molecule has 5 N–H and O–H groups in total. The maximum Gasteiger partial charge on any atom is 0.245 e. The monoisotopic (exact) mass is 365 g/mol. The molecule has 0 aromatic carbocycles. The summed E-state index contributed by atoms with van der Waals surface area (Å²) in [5, 5.41) is 30.6. The smallest absolute Gasteiger partial charge is 0.245 e. The summed E-state index contributed by atoms with van der Waals surface area (Å²) in [6.45, 7) is 0.0219. The lowest BCUT2D eigenvalue weighted by Crippen LogP contribution is -2.54. The second-order valence-electron chi connectivity index (χ2n) is 7.02. The molecule has 1 saturated carbocycles. The van der Waals surface area contributed by atoms with Crippen molar-refractivity contribution >= 4 is 11.2 Å². The predicted molar refractivity (Wildman–Crippen MR) is 89.3 cm³/mol. The van der Waals surface area contributed by atoms with Crippen LogP contribution in [-0.4, -0.2) is 79.5 Å². The number of hydrogen-bond acceptors (Lipinski definition) is 9. The normalized spacial score (nSPS) is 37.0. The molecule has 1 saturated heterocycles. The highest BCUT2D eigenvalue weighted by atomic mass is 16.5. The molecule has 2 fully saturated rings. The van der Waals surface area contributed by atoms with E-state index in [1.54, 1.807) is 10.9 Å². The fraction of sp³-hybridized carbons (Fsp3) is 0.688. The van der Waals surface area contributed by atoms with Gasteiger partial charge < -0.3 is 35.1 Å². The van der Waals surface area contributed by atoms with E-state index in [1.165, 1.54) is 13.4 Å².